The summed E-state index contributed by atoms with van der Waals surface area (Å²) in [6, 6.07) is 14.5. The van der Waals surface area contributed by atoms with Crippen molar-refractivity contribution in [2.45, 2.75) is 38.1 Å². The zero-order valence-electron chi connectivity index (χ0n) is 13.5. The van der Waals surface area contributed by atoms with Gasteiger partial charge in [0.2, 0.25) is 0 Å². The van der Waals surface area contributed by atoms with E-state index in [-0.39, 0.29) is 5.54 Å². The Kier molecular flexibility index (Phi) is 5.48. The molecule has 0 unspecified atom stereocenters. The van der Waals surface area contributed by atoms with Crippen molar-refractivity contribution in [3.8, 4) is 0 Å². The molecule has 1 saturated carbocycles. The molecular weight excluding hydrogens is 404 g/mol. The number of hydrogen-bond acceptors (Lipinski definition) is 1. The van der Waals surface area contributed by atoms with Crippen LogP contribution in [0.4, 0.5) is 5.69 Å². The summed E-state index contributed by atoms with van der Waals surface area (Å²) in [5, 5.41) is 8.14. The van der Waals surface area contributed by atoms with Crippen molar-refractivity contribution < 1.29 is 0 Å². The molecule has 5 heteroatoms. The first-order valence-corrected chi connectivity index (χ1v) is 9.68. The van der Waals surface area contributed by atoms with Crippen molar-refractivity contribution >= 4 is 50.5 Å². The van der Waals surface area contributed by atoms with Gasteiger partial charge in [0.05, 0.1) is 10.6 Å². The van der Waals surface area contributed by atoms with E-state index in [1.54, 1.807) is 0 Å². The van der Waals surface area contributed by atoms with Crippen LogP contribution in [-0.4, -0.2) is 5.11 Å². The van der Waals surface area contributed by atoms with E-state index in [9.17, 15) is 0 Å². The molecule has 0 heterocycles. The monoisotopic (exact) mass is 422 g/mol. The van der Waals surface area contributed by atoms with E-state index in [0.717, 1.165) is 23.0 Å². The molecule has 0 bridgehead atoms. The van der Waals surface area contributed by atoms with Crippen molar-refractivity contribution in [3.63, 3.8) is 0 Å². The number of nitrogens with one attached hydrogen (secondary N) is 2. The number of hydrogen-bond donors (Lipinski definition) is 2. The maximum Gasteiger partial charge on any atom is 0.171 e. The first-order valence-electron chi connectivity index (χ1n) is 8.10. The fourth-order valence-electron chi connectivity index (χ4n) is 3.36. The van der Waals surface area contributed by atoms with E-state index in [2.05, 4.69) is 57.8 Å². The Bertz CT molecular complexity index is 757. The molecule has 0 amide bonds. The Morgan fingerprint density at radius 3 is 2.58 bits per heavy atom. The molecule has 126 valence electrons. The normalized spacial score (nSPS) is 16.0. The summed E-state index contributed by atoms with van der Waals surface area (Å²) in [6.45, 7) is 2.13. The van der Waals surface area contributed by atoms with Crippen LogP contribution in [0.2, 0.25) is 5.02 Å². The van der Waals surface area contributed by atoms with Gasteiger partial charge in [-0.3, -0.25) is 0 Å². The molecule has 2 N–H and O–H groups in total. The minimum atomic E-state index is -0.0741. The zero-order chi connectivity index (χ0) is 17.2. The van der Waals surface area contributed by atoms with Gasteiger partial charge in [-0.1, -0.05) is 54.3 Å². The number of thiocarbonyl (C=S) groups is 1. The standard InChI is InChI=1S/C19H20BrClN2S/c1-13-5-4-6-14(11-13)19(9-2-3-10-19)23-18(24)22-15-7-8-16(20)17(21)12-15/h4-8,11-12H,2-3,9-10H2,1H3,(H2,22,23,24). The first-order chi connectivity index (χ1) is 11.5. The lowest BCUT2D eigenvalue weighted by Gasteiger charge is -2.33. The van der Waals surface area contributed by atoms with Crippen molar-refractivity contribution in [1.29, 1.82) is 0 Å². The molecule has 2 aromatic rings. The van der Waals surface area contributed by atoms with E-state index >= 15 is 0 Å². The van der Waals surface area contributed by atoms with Gasteiger partial charge in [-0.15, -0.1) is 0 Å². The summed E-state index contributed by atoms with van der Waals surface area (Å²) in [4.78, 5) is 0. The molecule has 1 fully saturated rings. The van der Waals surface area contributed by atoms with E-state index in [1.807, 2.05) is 18.2 Å². The fraction of sp³-hybridized carbons (Fsp3) is 0.316. The highest BCUT2D eigenvalue weighted by molar-refractivity contribution is 9.10. The quantitative estimate of drug-likeness (QED) is 0.577. The van der Waals surface area contributed by atoms with Crippen molar-refractivity contribution in [2.24, 2.45) is 0 Å². The van der Waals surface area contributed by atoms with Gasteiger partial charge in [0, 0.05) is 10.2 Å². The highest BCUT2D eigenvalue weighted by atomic mass is 79.9. The van der Waals surface area contributed by atoms with Gasteiger partial charge in [-0.05, 0) is 71.7 Å². The van der Waals surface area contributed by atoms with Gasteiger partial charge in [0.15, 0.2) is 5.11 Å². The third kappa shape index (κ3) is 3.93. The van der Waals surface area contributed by atoms with Crippen molar-refractivity contribution in [1.82, 2.24) is 5.32 Å². The largest absolute Gasteiger partial charge is 0.353 e. The highest BCUT2D eigenvalue weighted by Crippen LogP contribution is 2.39. The Balaban J connectivity index is 1.78. The molecule has 0 aliphatic heterocycles. The lowest BCUT2D eigenvalue weighted by Crippen LogP contribution is -2.45. The van der Waals surface area contributed by atoms with Gasteiger partial charge < -0.3 is 10.6 Å². The number of benzene rings is 2. The third-order valence-electron chi connectivity index (χ3n) is 4.56. The number of aryl methyl sites for hydroxylation is 1. The average molecular weight is 424 g/mol. The number of halogens is 2. The van der Waals surface area contributed by atoms with Crippen LogP contribution in [0.15, 0.2) is 46.9 Å². The molecule has 0 atom stereocenters. The molecule has 2 aromatic carbocycles. The molecule has 0 saturated heterocycles. The topological polar surface area (TPSA) is 24.1 Å². The molecule has 24 heavy (non-hydrogen) atoms. The fourth-order valence-corrected chi connectivity index (χ4v) is 4.10. The van der Waals surface area contributed by atoms with E-state index in [4.69, 9.17) is 23.8 Å². The van der Waals surface area contributed by atoms with Gasteiger partial charge in [0.1, 0.15) is 0 Å². The molecule has 2 nitrogen and oxygen atoms in total. The van der Waals surface area contributed by atoms with Crippen LogP contribution < -0.4 is 10.6 Å². The summed E-state index contributed by atoms with van der Waals surface area (Å²) in [6.07, 6.45) is 4.63. The molecule has 0 spiro atoms. The van der Waals surface area contributed by atoms with Crippen LogP contribution in [-0.2, 0) is 5.54 Å². The Hall–Kier alpha value is -1.10. The van der Waals surface area contributed by atoms with Crippen molar-refractivity contribution in [3.05, 3.63) is 63.1 Å². The molecule has 0 radical (unpaired) electrons. The third-order valence-corrected chi connectivity index (χ3v) is 5.99. The number of rotatable bonds is 3. The second-order valence-corrected chi connectivity index (χ2v) is 8.04. The smallest absolute Gasteiger partial charge is 0.171 e. The van der Waals surface area contributed by atoms with Gasteiger partial charge in [-0.25, -0.2) is 0 Å². The lowest BCUT2D eigenvalue weighted by atomic mass is 9.87. The van der Waals surface area contributed by atoms with Gasteiger partial charge in [-0.2, -0.15) is 0 Å². The summed E-state index contributed by atoms with van der Waals surface area (Å²) in [5.74, 6) is 0. The van der Waals surface area contributed by atoms with Crippen LogP contribution in [0.3, 0.4) is 0 Å². The second kappa shape index (κ2) is 7.42. The first kappa shape index (κ1) is 17.7. The van der Waals surface area contributed by atoms with Crippen molar-refractivity contribution in [2.75, 3.05) is 5.32 Å². The van der Waals surface area contributed by atoms with Crippen LogP contribution in [0, 0.1) is 6.92 Å². The van der Waals surface area contributed by atoms with E-state index in [1.165, 1.54) is 24.0 Å². The predicted octanol–water partition coefficient (Wildman–Crippen LogP) is 6.17. The highest BCUT2D eigenvalue weighted by Gasteiger charge is 2.36. The average Bonchev–Trinajstić information content (AvgIpc) is 3.00. The summed E-state index contributed by atoms with van der Waals surface area (Å²) >= 11 is 15.1. The zero-order valence-corrected chi connectivity index (χ0v) is 16.7. The van der Waals surface area contributed by atoms with Crippen LogP contribution in [0.5, 0.6) is 0 Å². The maximum atomic E-state index is 6.16. The number of anilines is 1. The molecule has 1 aliphatic rings. The van der Waals surface area contributed by atoms with E-state index in [0.29, 0.717) is 10.1 Å². The minimum absolute atomic E-state index is 0.0741. The lowest BCUT2D eigenvalue weighted by molar-refractivity contribution is 0.408. The summed E-state index contributed by atoms with van der Waals surface area (Å²) in [7, 11) is 0. The minimum Gasteiger partial charge on any atom is -0.353 e. The summed E-state index contributed by atoms with van der Waals surface area (Å²) in [5.41, 5.74) is 3.41. The maximum absolute atomic E-state index is 6.16. The Labute approximate surface area is 162 Å². The molecular formula is C19H20BrClN2S. The van der Waals surface area contributed by atoms with E-state index < -0.39 is 0 Å². The van der Waals surface area contributed by atoms with Crippen LogP contribution >= 0.6 is 39.7 Å². The Morgan fingerprint density at radius 2 is 1.92 bits per heavy atom. The molecule has 1 aliphatic carbocycles. The molecule has 0 aromatic heterocycles. The van der Waals surface area contributed by atoms with Gasteiger partial charge in [0.25, 0.3) is 0 Å². The summed E-state index contributed by atoms with van der Waals surface area (Å²) < 4.78 is 0.876. The van der Waals surface area contributed by atoms with Crippen LogP contribution in [0.1, 0.15) is 36.8 Å². The SMILES string of the molecule is Cc1cccc(C2(NC(=S)Nc3ccc(Br)c(Cl)c3)CCCC2)c1. The van der Waals surface area contributed by atoms with Crippen LogP contribution in [0.25, 0.3) is 0 Å². The second-order valence-electron chi connectivity index (χ2n) is 6.37. The predicted molar refractivity (Wildman–Crippen MR) is 110 cm³/mol. The molecule has 3 rings (SSSR count). The Morgan fingerprint density at radius 1 is 1.17 bits per heavy atom. The van der Waals surface area contributed by atoms with Gasteiger partial charge >= 0.3 is 0 Å².